The molecule has 2 aliphatic rings. The molecular weight excluding hydrogens is 368 g/mol. The van der Waals surface area contributed by atoms with Gasteiger partial charge in [0.1, 0.15) is 0 Å². The van der Waals surface area contributed by atoms with Crippen LogP contribution in [0.2, 0.25) is 0 Å². The summed E-state index contributed by atoms with van der Waals surface area (Å²) in [5.41, 5.74) is 2.31. The third-order valence-corrected chi connectivity index (χ3v) is 5.91. The van der Waals surface area contributed by atoms with E-state index in [2.05, 4.69) is 16.5 Å². The van der Waals surface area contributed by atoms with E-state index in [1.807, 2.05) is 25.2 Å². The number of aromatic nitrogens is 2. The zero-order chi connectivity index (χ0) is 20.5. The zero-order valence-corrected chi connectivity index (χ0v) is 16.6. The molecule has 0 saturated carbocycles. The van der Waals surface area contributed by atoms with Crippen LogP contribution in [0.15, 0.2) is 36.5 Å². The minimum Gasteiger partial charge on any atom is -0.336 e. The molecule has 0 radical (unpaired) electrons. The number of piperidine rings is 1. The summed E-state index contributed by atoms with van der Waals surface area (Å²) < 4.78 is 1.78. The Kier molecular flexibility index (Phi) is 5.07. The smallest absolute Gasteiger partial charge is 0.244 e. The highest BCUT2D eigenvalue weighted by atomic mass is 16.2. The van der Waals surface area contributed by atoms with Crippen molar-refractivity contribution in [1.82, 2.24) is 20.0 Å². The molecule has 1 N–H and O–H groups in total. The average molecular weight is 392 g/mol. The average Bonchev–Trinajstić information content (AvgIpc) is 3.26. The minimum atomic E-state index is -0.348. The molecule has 8 heteroatoms. The molecule has 3 atom stereocenters. The van der Waals surface area contributed by atoms with Crippen LogP contribution in [0, 0.1) is 11.3 Å². The van der Waals surface area contributed by atoms with Gasteiger partial charge in [-0.2, -0.15) is 10.4 Å². The van der Waals surface area contributed by atoms with Crippen molar-refractivity contribution < 1.29 is 9.59 Å². The lowest BCUT2D eigenvalue weighted by Crippen LogP contribution is -2.54. The normalized spacial score (nSPS) is 24.8. The first-order valence-electron chi connectivity index (χ1n) is 9.80. The van der Waals surface area contributed by atoms with Gasteiger partial charge in [-0.15, -0.1) is 0 Å². The van der Waals surface area contributed by atoms with Crippen molar-refractivity contribution >= 4 is 17.5 Å². The lowest BCUT2D eigenvalue weighted by atomic mass is 9.99. The Morgan fingerprint density at radius 2 is 1.93 bits per heavy atom. The molecule has 8 nitrogen and oxygen atoms in total. The molecule has 0 aliphatic carbocycles. The highest BCUT2D eigenvalue weighted by molar-refractivity contribution is 5.98. The molecule has 1 aromatic heterocycles. The number of benzene rings is 1. The summed E-state index contributed by atoms with van der Waals surface area (Å²) in [6.45, 7) is 0.650. The standard InChI is InChI=1S/C21H24N6O2/c1-25-19(28)12-17(20(25)18-9-10-23-26(18)2)24-16-4-3-11-27(21(16)29)15-7-5-14(13-22)6-8-15/h5-10,16-17,20,24H,3-4,11-12H2,1-2H3/t16?,17-,20-/m1/s1. The van der Waals surface area contributed by atoms with Gasteiger partial charge in [-0.3, -0.25) is 14.3 Å². The lowest BCUT2D eigenvalue weighted by molar-refractivity contribution is -0.127. The van der Waals surface area contributed by atoms with Gasteiger partial charge in [-0.25, -0.2) is 0 Å². The maximum atomic E-state index is 13.2. The van der Waals surface area contributed by atoms with E-state index in [9.17, 15) is 9.59 Å². The van der Waals surface area contributed by atoms with Crippen LogP contribution in [0.1, 0.15) is 36.6 Å². The predicted octanol–water partition coefficient (Wildman–Crippen LogP) is 1.35. The van der Waals surface area contributed by atoms with Crippen LogP contribution in [0.25, 0.3) is 0 Å². The minimum absolute atomic E-state index is 0.00622. The van der Waals surface area contributed by atoms with Gasteiger partial charge >= 0.3 is 0 Å². The van der Waals surface area contributed by atoms with Crippen molar-refractivity contribution in [1.29, 1.82) is 5.26 Å². The topological polar surface area (TPSA) is 94.3 Å². The molecule has 2 fully saturated rings. The summed E-state index contributed by atoms with van der Waals surface area (Å²) in [5.74, 6) is 0.0626. The molecule has 4 rings (SSSR count). The van der Waals surface area contributed by atoms with Crippen molar-refractivity contribution in [3.8, 4) is 6.07 Å². The van der Waals surface area contributed by atoms with Gasteiger partial charge in [-0.05, 0) is 43.2 Å². The highest BCUT2D eigenvalue weighted by Gasteiger charge is 2.42. The Labute approximate surface area is 169 Å². The Bertz CT molecular complexity index is 960. The number of amides is 2. The van der Waals surface area contributed by atoms with Gasteiger partial charge in [0.05, 0.1) is 29.4 Å². The number of likely N-dealkylation sites (N-methyl/N-ethyl adjacent to an activating group) is 1. The number of likely N-dealkylation sites (tertiary alicyclic amines) is 1. The molecular formula is C21H24N6O2. The fourth-order valence-electron chi connectivity index (χ4n) is 4.36. The van der Waals surface area contributed by atoms with Crippen LogP contribution in [0.3, 0.4) is 0 Å². The van der Waals surface area contributed by atoms with Crippen LogP contribution in [0.5, 0.6) is 0 Å². The first kappa shape index (κ1) is 19.2. The summed E-state index contributed by atoms with van der Waals surface area (Å²) in [6.07, 6.45) is 3.68. The van der Waals surface area contributed by atoms with Gasteiger partial charge in [0.2, 0.25) is 11.8 Å². The number of nitrogens with zero attached hydrogens (tertiary/aromatic N) is 5. The number of hydrogen-bond donors (Lipinski definition) is 1. The molecule has 1 unspecified atom stereocenters. The molecule has 1 aromatic carbocycles. The molecule has 2 aliphatic heterocycles. The molecule has 2 saturated heterocycles. The number of carbonyl (C=O) groups excluding carboxylic acids is 2. The van der Waals surface area contributed by atoms with E-state index < -0.39 is 0 Å². The van der Waals surface area contributed by atoms with Gasteiger partial charge in [0.15, 0.2) is 0 Å². The first-order valence-corrected chi connectivity index (χ1v) is 9.80. The fraction of sp³-hybridized carbons (Fsp3) is 0.429. The maximum absolute atomic E-state index is 13.2. The highest BCUT2D eigenvalue weighted by Crippen LogP contribution is 2.33. The molecule has 2 aromatic rings. The summed E-state index contributed by atoms with van der Waals surface area (Å²) in [5, 5.41) is 16.7. The Morgan fingerprint density at radius 3 is 2.59 bits per heavy atom. The molecule has 150 valence electrons. The quantitative estimate of drug-likeness (QED) is 0.848. The van der Waals surface area contributed by atoms with Crippen LogP contribution in [-0.4, -0.2) is 52.2 Å². The summed E-state index contributed by atoms with van der Waals surface area (Å²) in [6, 6.07) is 10.4. The Hall–Kier alpha value is -3.18. The van der Waals surface area contributed by atoms with E-state index in [0.29, 0.717) is 18.5 Å². The second kappa shape index (κ2) is 7.68. The van der Waals surface area contributed by atoms with E-state index in [-0.39, 0.29) is 29.9 Å². The van der Waals surface area contributed by atoms with E-state index in [4.69, 9.17) is 5.26 Å². The Balaban J connectivity index is 1.53. The third-order valence-electron chi connectivity index (χ3n) is 5.91. The number of carbonyl (C=O) groups is 2. The molecule has 29 heavy (non-hydrogen) atoms. The van der Waals surface area contributed by atoms with Crippen molar-refractivity contribution in [2.45, 2.75) is 37.4 Å². The van der Waals surface area contributed by atoms with Crippen LogP contribution < -0.4 is 10.2 Å². The van der Waals surface area contributed by atoms with Crippen LogP contribution in [-0.2, 0) is 16.6 Å². The summed E-state index contributed by atoms with van der Waals surface area (Å²) >= 11 is 0. The van der Waals surface area contributed by atoms with E-state index >= 15 is 0 Å². The SMILES string of the molecule is CN1C(=O)C[C@@H](NC2CCCN(c3ccc(C#N)cc3)C2=O)[C@@H]1c1ccnn1C. The number of nitrogens with one attached hydrogen (secondary N) is 1. The van der Waals surface area contributed by atoms with Crippen molar-refractivity contribution in [3.05, 3.63) is 47.8 Å². The van der Waals surface area contributed by atoms with E-state index in [0.717, 1.165) is 24.2 Å². The third kappa shape index (κ3) is 3.49. The van der Waals surface area contributed by atoms with Gasteiger partial charge in [-0.1, -0.05) is 0 Å². The van der Waals surface area contributed by atoms with Crippen molar-refractivity contribution in [2.24, 2.45) is 7.05 Å². The van der Waals surface area contributed by atoms with Crippen LogP contribution in [0.4, 0.5) is 5.69 Å². The van der Waals surface area contributed by atoms with Crippen molar-refractivity contribution in [2.75, 3.05) is 18.5 Å². The van der Waals surface area contributed by atoms with Gasteiger partial charge < -0.3 is 15.1 Å². The largest absolute Gasteiger partial charge is 0.336 e. The second-order valence-electron chi connectivity index (χ2n) is 7.65. The van der Waals surface area contributed by atoms with Crippen molar-refractivity contribution in [3.63, 3.8) is 0 Å². The molecule has 0 bridgehead atoms. The summed E-state index contributed by atoms with van der Waals surface area (Å²) in [4.78, 5) is 29.1. The van der Waals surface area contributed by atoms with Gasteiger partial charge in [0.25, 0.3) is 0 Å². The molecule has 2 amide bonds. The number of hydrogen-bond acceptors (Lipinski definition) is 5. The molecule has 0 spiro atoms. The van der Waals surface area contributed by atoms with E-state index in [1.54, 1.807) is 39.9 Å². The monoisotopic (exact) mass is 392 g/mol. The predicted molar refractivity (Wildman–Crippen MR) is 107 cm³/mol. The number of anilines is 1. The first-order chi connectivity index (χ1) is 14.0. The number of nitriles is 1. The number of aryl methyl sites for hydroxylation is 1. The second-order valence-corrected chi connectivity index (χ2v) is 7.65. The fourth-order valence-corrected chi connectivity index (χ4v) is 4.36. The maximum Gasteiger partial charge on any atom is 0.244 e. The summed E-state index contributed by atoms with van der Waals surface area (Å²) in [7, 11) is 3.66. The van der Waals surface area contributed by atoms with Gasteiger partial charge in [0, 0.05) is 45.0 Å². The van der Waals surface area contributed by atoms with E-state index in [1.165, 1.54) is 0 Å². The zero-order valence-electron chi connectivity index (χ0n) is 16.6. The number of rotatable bonds is 4. The Morgan fingerprint density at radius 1 is 1.17 bits per heavy atom. The molecule has 3 heterocycles. The lowest BCUT2D eigenvalue weighted by Gasteiger charge is -2.35. The van der Waals surface area contributed by atoms with Crippen LogP contribution >= 0.6 is 0 Å².